The molecule has 1 N–H and O–H groups in total. The van der Waals surface area contributed by atoms with E-state index < -0.39 is 0 Å². The smallest absolute Gasteiger partial charge is 0.0991 e. The molecule has 2 saturated carbocycles. The van der Waals surface area contributed by atoms with Crippen molar-refractivity contribution in [3.05, 3.63) is 0 Å². The van der Waals surface area contributed by atoms with Crippen molar-refractivity contribution in [2.24, 2.45) is 5.92 Å². The van der Waals surface area contributed by atoms with E-state index in [1.807, 2.05) is 0 Å². The second-order valence-corrected chi connectivity index (χ2v) is 4.38. The summed E-state index contributed by atoms with van der Waals surface area (Å²) in [4.78, 5) is 2.33. The first-order valence-electron chi connectivity index (χ1n) is 5.68. The first kappa shape index (κ1) is 9.04. The van der Waals surface area contributed by atoms with Crippen LogP contribution in [0.25, 0.3) is 0 Å². The molecule has 0 unspecified atom stereocenters. The molecule has 0 aromatic carbocycles. The molecule has 0 aliphatic heterocycles. The topological polar surface area (TPSA) is 27.1 Å². The van der Waals surface area contributed by atoms with Crippen molar-refractivity contribution in [3.8, 4) is 0 Å². The average molecular weight is 180 g/mol. The van der Waals surface area contributed by atoms with Crippen LogP contribution in [0.1, 0.15) is 45.4 Å². The third kappa shape index (κ3) is 1.87. The molecular weight excluding hydrogens is 160 g/mol. The molecule has 0 aromatic heterocycles. The fourth-order valence-electron chi connectivity index (χ4n) is 2.45. The first-order valence-corrected chi connectivity index (χ1v) is 5.68. The summed E-state index contributed by atoms with van der Waals surface area (Å²) >= 11 is 0. The monoisotopic (exact) mass is 180 g/mol. The number of amidine groups is 1. The predicted octanol–water partition coefficient (Wildman–Crippen LogP) is 2.64. The van der Waals surface area contributed by atoms with Gasteiger partial charge in [-0.15, -0.1) is 0 Å². The summed E-state index contributed by atoms with van der Waals surface area (Å²) in [5, 5.41) is 8.14. The quantitative estimate of drug-likeness (QED) is 0.524. The van der Waals surface area contributed by atoms with Crippen molar-refractivity contribution in [2.45, 2.75) is 51.5 Å². The molecule has 0 saturated heterocycles. The molecule has 0 spiro atoms. The van der Waals surface area contributed by atoms with E-state index in [1.54, 1.807) is 0 Å². The third-order valence-corrected chi connectivity index (χ3v) is 3.38. The predicted molar refractivity (Wildman–Crippen MR) is 55.1 cm³/mol. The van der Waals surface area contributed by atoms with E-state index in [1.165, 1.54) is 38.5 Å². The zero-order chi connectivity index (χ0) is 9.26. The zero-order valence-corrected chi connectivity index (χ0v) is 8.55. The Morgan fingerprint density at radius 3 is 2.31 bits per heavy atom. The van der Waals surface area contributed by atoms with Crippen LogP contribution in [0.4, 0.5) is 0 Å². The second kappa shape index (κ2) is 3.69. The van der Waals surface area contributed by atoms with Crippen LogP contribution < -0.4 is 0 Å². The summed E-state index contributed by atoms with van der Waals surface area (Å²) in [7, 11) is 0. The summed E-state index contributed by atoms with van der Waals surface area (Å²) in [6.45, 7) is 3.22. The van der Waals surface area contributed by atoms with Gasteiger partial charge in [0.1, 0.15) is 0 Å². The molecule has 0 heterocycles. The van der Waals surface area contributed by atoms with Crippen molar-refractivity contribution in [1.82, 2.24) is 4.90 Å². The van der Waals surface area contributed by atoms with E-state index in [9.17, 15) is 0 Å². The van der Waals surface area contributed by atoms with Gasteiger partial charge in [-0.25, -0.2) is 0 Å². The molecule has 0 atom stereocenters. The van der Waals surface area contributed by atoms with Crippen LogP contribution in [0, 0.1) is 11.3 Å². The third-order valence-electron chi connectivity index (χ3n) is 3.38. The molecule has 2 heteroatoms. The van der Waals surface area contributed by atoms with Gasteiger partial charge in [-0.2, -0.15) is 0 Å². The summed E-state index contributed by atoms with van der Waals surface area (Å²) in [6.07, 6.45) is 7.86. The molecule has 0 amide bonds. The molecular formula is C11H20N2. The van der Waals surface area contributed by atoms with Crippen molar-refractivity contribution >= 4 is 5.84 Å². The maximum absolute atomic E-state index is 8.14. The maximum Gasteiger partial charge on any atom is 0.0991 e. The SMILES string of the molecule is CCN(C(=N)C1CCCC1)C1CC1. The number of nitrogens with zero attached hydrogens (tertiary/aromatic N) is 1. The van der Waals surface area contributed by atoms with E-state index in [2.05, 4.69) is 11.8 Å². The Kier molecular flexibility index (Phi) is 2.56. The minimum atomic E-state index is 0.598. The molecule has 2 rings (SSSR count). The fourth-order valence-corrected chi connectivity index (χ4v) is 2.45. The van der Waals surface area contributed by atoms with Gasteiger partial charge in [0.2, 0.25) is 0 Å². The largest absolute Gasteiger partial charge is 0.358 e. The molecule has 2 nitrogen and oxygen atoms in total. The normalized spacial score (nSPS) is 23.5. The lowest BCUT2D eigenvalue weighted by molar-refractivity contribution is 0.399. The van der Waals surface area contributed by atoms with Gasteiger partial charge in [-0.05, 0) is 32.6 Å². The molecule has 0 aromatic rings. The van der Waals surface area contributed by atoms with Crippen molar-refractivity contribution in [1.29, 1.82) is 5.41 Å². The molecule has 2 aliphatic carbocycles. The van der Waals surface area contributed by atoms with Gasteiger partial charge >= 0.3 is 0 Å². The first-order chi connectivity index (χ1) is 6.33. The Morgan fingerprint density at radius 2 is 1.85 bits per heavy atom. The molecule has 0 bridgehead atoms. The van der Waals surface area contributed by atoms with Gasteiger partial charge in [0.15, 0.2) is 0 Å². The van der Waals surface area contributed by atoms with Crippen LogP contribution in [0.15, 0.2) is 0 Å². The Balaban J connectivity index is 1.92. The summed E-state index contributed by atoms with van der Waals surface area (Å²) < 4.78 is 0. The van der Waals surface area contributed by atoms with Crippen LogP contribution in [0.2, 0.25) is 0 Å². The summed E-state index contributed by atoms with van der Waals surface area (Å²) in [5.74, 6) is 1.54. The highest BCUT2D eigenvalue weighted by molar-refractivity contribution is 5.82. The molecule has 0 radical (unpaired) electrons. The van der Waals surface area contributed by atoms with Crippen molar-refractivity contribution in [3.63, 3.8) is 0 Å². The number of rotatable bonds is 3. The minimum Gasteiger partial charge on any atom is -0.358 e. The van der Waals surface area contributed by atoms with E-state index in [-0.39, 0.29) is 0 Å². The van der Waals surface area contributed by atoms with Gasteiger partial charge in [0.05, 0.1) is 5.84 Å². The molecule has 2 fully saturated rings. The Labute approximate surface area is 80.8 Å². The van der Waals surface area contributed by atoms with Gasteiger partial charge < -0.3 is 4.90 Å². The number of nitrogens with one attached hydrogen (secondary N) is 1. The van der Waals surface area contributed by atoms with Crippen LogP contribution in [-0.4, -0.2) is 23.3 Å². The van der Waals surface area contributed by atoms with E-state index in [0.29, 0.717) is 5.92 Å². The fraction of sp³-hybridized carbons (Fsp3) is 0.909. The lowest BCUT2D eigenvalue weighted by Gasteiger charge is -2.27. The minimum absolute atomic E-state index is 0.598. The van der Waals surface area contributed by atoms with E-state index in [4.69, 9.17) is 5.41 Å². The Hall–Kier alpha value is -0.530. The Morgan fingerprint density at radius 1 is 1.23 bits per heavy atom. The lowest BCUT2D eigenvalue weighted by Crippen LogP contribution is -2.36. The summed E-state index contributed by atoms with van der Waals surface area (Å²) in [6, 6.07) is 0.734. The summed E-state index contributed by atoms with van der Waals surface area (Å²) in [5.41, 5.74) is 0. The average Bonchev–Trinajstić information content (AvgIpc) is 2.83. The number of hydrogen-bond donors (Lipinski definition) is 1. The van der Waals surface area contributed by atoms with Gasteiger partial charge in [-0.1, -0.05) is 12.8 Å². The van der Waals surface area contributed by atoms with Gasteiger partial charge in [0, 0.05) is 18.5 Å². The van der Waals surface area contributed by atoms with Crippen molar-refractivity contribution in [2.75, 3.05) is 6.54 Å². The van der Waals surface area contributed by atoms with Crippen LogP contribution in [-0.2, 0) is 0 Å². The molecule has 13 heavy (non-hydrogen) atoms. The zero-order valence-electron chi connectivity index (χ0n) is 8.55. The Bertz CT molecular complexity index is 190. The van der Waals surface area contributed by atoms with Gasteiger partial charge in [-0.3, -0.25) is 5.41 Å². The van der Waals surface area contributed by atoms with Crippen molar-refractivity contribution < 1.29 is 0 Å². The van der Waals surface area contributed by atoms with E-state index in [0.717, 1.165) is 18.4 Å². The van der Waals surface area contributed by atoms with Gasteiger partial charge in [0.25, 0.3) is 0 Å². The van der Waals surface area contributed by atoms with Crippen LogP contribution >= 0.6 is 0 Å². The molecule has 74 valence electrons. The molecule has 2 aliphatic rings. The van der Waals surface area contributed by atoms with Crippen LogP contribution in [0.5, 0.6) is 0 Å². The number of hydrogen-bond acceptors (Lipinski definition) is 1. The maximum atomic E-state index is 8.14. The standard InChI is InChI=1S/C11H20N2/c1-2-13(10-7-8-10)11(12)9-5-3-4-6-9/h9-10,12H,2-8H2,1H3. The van der Waals surface area contributed by atoms with E-state index >= 15 is 0 Å². The highest BCUT2D eigenvalue weighted by Gasteiger charge is 2.33. The second-order valence-electron chi connectivity index (χ2n) is 4.38. The van der Waals surface area contributed by atoms with Crippen LogP contribution in [0.3, 0.4) is 0 Å². The lowest BCUT2D eigenvalue weighted by atomic mass is 10.1. The highest BCUT2D eigenvalue weighted by Crippen LogP contribution is 2.32. The highest BCUT2D eigenvalue weighted by atomic mass is 15.2.